The molecule has 1 rings (SSSR count). The second-order valence-corrected chi connectivity index (χ2v) is 3.65. The summed E-state index contributed by atoms with van der Waals surface area (Å²) >= 11 is 0. The van der Waals surface area contributed by atoms with Crippen LogP contribution in [0.5, 0.6) is 0 Å². The van der Waals surface area contributed by atoms with Crippen LogP contribution in [0.3, 0.4) is 0 Å². The lowest BCUT2D eigenvalue weighted by molar-refractivity contribution is -0.142. The zero-order valence-electron chi connectivity index (χ0n) is 10.3. The summed E-state index contributed by atoms with van der Waals surface area (Å²) in [4.78, 5) is 14.3. The quantitative estimate of drug-likeness (QED) is 0.685. The lowest BCUT2D eigenvalue weighted by Crippen LogP contribution is -2.19. The molecule has 0 unspecified atom stereocenters. The van der Waals surface area contributed by atoms with Crippen LogP contribution in [0.4, 0.5) is 22.0 Å². The molecule has 0 atom stereocenters. The average molecular weight is 298 g/mol. The Labute approximate surface area is 110 Å². The maximum absolute atomic E-state index is 12.8. The number of hydrogen-bond donors (Lipinski definition) is 1. The van der Waals surface area contributed by atoms with Crippen molar-refractivity contribution in [2.45, 2.75) is 26.1 Å². The molecule has 0 saturated carbocycles. The molecule has 0 amide bonds. The highest BCUT2D eigenvalue weighted by molar-refractivity contribution is 5.91. The Morgan fingerprint density at radius 3 is 2.45 bits per heavy atom. The number of halogens is 5. The highest BCUT2D eigenvalue weighted by Gasteiger charge is 2.37. The Balaban J connectivity index is 3.49. The molecule has 2 N–H and O–H groups in total. The topological polar surface area (TPSA) is 65.2 Å². The minimum atomic E-state index is -4.94. The van der Waals surface area contributed by atoms with Gasteiger partial charge in [-0.25, -0.2) is 18.6 Å². The summed E-state index contributed by atoms with van der Waals surface area (Å²) in [6.45, 7) is 0.722. The van der Waals surface area contributed by atoms with Crippen molar-refractivity contribution < 1.29 is 31.5 Å². The molecule has 0 radical (unpaired) electrons. The van der Waals surface area contributed by atoms with Gasteiger partial charge in [0, 0.05) is 6.54 Å². The fraction of sp³-hybridized carbons (Fsp3) is 0.455. The number of nitrogens with zero attached hydrogens (tertiary/aromatic N) is 1. The van der Waals surface area contributed by atoms with E-state index in [2.05, 4.69) is 9.72 Å². The zero-order valence-corrected chi connectivity index (χ0v) is 10.3. The van der Waals surface area contributed by atoms with Crippen molar-refractivity contribution in [2.24, 2.45) is 5.73 Å². The number of pyridine rings is 1. The first-order chi connectivity index (χ1) is 9.22. The lowest BCUT2D eigenvalue weighted by Gasteiger charge is -2.15. The summed E-state index contributed by atoms with van der Waals surface area (Å²) in [5.41, 5.74) is 1.08. The first kappa shape index (κ1) is 16.3. The second kappa shape index (κ2) is 6.12. The van der Waals surface area contributed by atoms with E-state index >= 15 is 0 Å². The molecule has 1 aromatic rings. The van der Waals surface area contributed by atoms with Gasteiger partial charge in [0.15, 0.2) is 0 Å². The van der Waals surface area contributed by atoms with Crippen LogP contribution >= 0.6 is 0 Å². The number of nitrogens with two attached hydrogens (primary N) is 1. The van der Waals surface area contributed by atoms with Crippen molar-refractivity contribution in [1.29, 1.82) is 0 Å². The molecule has 0 fully saturated rings. The number of carbonyl (C=O) groups is 1. The van der Waals surface area contributed by atoms with Crippen LogP contribution < -0.4 is 5.73 Å². The van der Waals surface area contributed by atoms with Crippen LogP contribution in [0, 0.1) is 0 Å². The third-order valence-corrected chi connectivity index (χ3v) is 2.32. The van der Waals surface area contributed by atoms with Crippen LogP contribution in [0.15, 0.2) is 6.07 Å². The minimum absolute atomic E-state index is 0.111. The summed E-state index contributed by atoms with van der Waals surface area (Å²) in [6, 6.07) is 0.648. The molecule has 20 heavy (non-hydrogen) atoms. The molecule has 0 bridgehead atoms. The van der Waals surface area contributed by atoms with E-state index in [-0.39, 0.29) is 6.61 Å². The fourth-order valence-electron chi connectivity index (χ4n) is 1.51. The van der Waals surface area contributed by atoms with Gasteiger partial charge in [-0.3, -0.25) is 0 Å². The van der Waals surface area contributed by atoms with Crippen molar-refractivity contribution in [3.63, 3.8) is 0 Å². The average Bonchev–Trinajstić information content (AvgIpc) is 2.36. The number of ether oxygens (including phenoxy) is 1. The van der Waals surface area contributed by atoms with E-state index in [9.17, 15) is 26.7 Å². The molecule has 4 nitrogen and oxygen atoms in total. The monoisotopic (exact) mass is 298 g/mol. The molecule has 1 aromatic heterocycles. The molecule has 0 spiro atoms. The van der Waals surface area contributed by atoms with Gasteiger partial charge >= 0.3 is 12.1 Å². The molecule has 0 aliphatic carbocycles. The van der Waals surface area contributed by atoms with Crippen molar-refractivity contribution in [3.05, 3.63) is 28.6 Å². The van der Waals surface area contributed by atoms with Crippen molar-refractivity contribution in [2.75, 3.05) is 6.61 Å². The number of aromatic nitrogens is 1. The highest BCUT2D eigenvalue weighted by Crippen LogP contribution is 2.33. The van der Waals surface area contributed by atoms with E-state index in [1.807, 2.05) is 0 Å². The van der Waals surface area contributed by atoms with Crippen LogP contribution in [-0.4, -0.2) is 17.6 Å². The van der Waals surface area contributed by atoms with Gasteiger partial charge in [0.2, 0.25) is 0 Å². The first-order valence-electron chi connectivity index (χ1n) is 5.48. The standard InChI is InChI=1S/C11H11F5N2O2/c1-2-20-10(19)6-3-5(4-17)8(11(14,15)16)18-7(6)9(12)13/h3,9H,2,4,17H2,1H3. The molecule has 0 aliphatic rings. The largest absolute Gasteiger partial charge is 0.462 e. The molecule has 9 heteroatoms. The molecule has 0 aromatic carbocycles. The van der Waals surface area contributed by atoms with Gasteiger partial charge < -0.3 is 10.5 Å². The summed E-state index contributed by atoms with van der Waals surface area (Å²) in [5, 5.41) is 0. The first-order valence-corrected chi connectivity index (χ1v) is 5.48. The van der Waals surface area contributed by atoms with Crippen LogP contribution in [-0.2, 0) is 17.5 Å². The van der Waals surface area contributed by atoms with E-state index in [1.54, 1.807) is 0 Å². The van der Waals surface area contributed by atoms with E-state index in [0.29, 0.717) is 6.07 Å². The van der Waals surface area contributed by atoms with Crippen LogP contribution in [0.25, 0.3) is 0 Å². The SMILES string of the molecule is CCOC(=O)c1cc(CN)c(C(F)(F)F)nc1C(F)F. The maximum Gasteiger partial charge on any atom is 0.433 e. The van der Waals surface area contributed by atoms with E-state index in [4.69, 9.17) is 5.73 Å². The zero-order chi connectivity index (χ0) is 15.5. The summed E-state index contributed by atoms with van der Waals surface area (Å²) < 4.78 is 68.1. The third-order valence-electron chi connectivity index (χ3n) is 2.32. The van der Waals surface area contributed by atoms with Gasteiger partial charge in [-0.2, -0.15) is 13.2 Å². The third kappa shape index (κ3) is 3.41. The molecule has 112 valence electrons. The lowest BCUT2D eigenvalue weighted by atomic mass is 10.1. The van der Waals surface area contributed by atoms with Gasteiger partial charge in [-0.15, -0.1) is 0 Å². The van der Waals surface area contributed by atoms with E-state index in [1.165, 1.54) is 6.92 Å². The molecule has 1 heterocycles. The minimum Gasteiger partial charge on any atom is -0.462 e. The molecular weight excluding hydrogens is 287 g/mol. The Bertz CT molecular complexity index is 502. The van der Waals surface area contributed by atoms with Crippen molar-refractivity contribution >= 4 is 5.97 Å². The van der Waals surface area contributed by atoms with Crippen molar-refractivity contribution in [1.82, 2.24) is 4.98 Å². The number of carbonyl (C=O) groups excluding carboxylic acids is 1. The number of esters is 1. The predicted molar refractivity (Wildman–Crippen MR) is 58.0 cm³/mol. The highest BCUT2D eigenvalue weighted by atomic mass is 19.4. The van der Waals surface area contributed by atoms with Crippen LogP contribution in [0.2, 0.25) is 0 Å². The van der Waals surface area contributed by atoms with Gasteiger partial charge in [0.05, 0.1) is 12.2 Å². The van der Waals surface area contributed by atoms with Gasteiger partial charge in [-0.1, -0.05) is 0 Å². The maximum atomic E-state index is 12.8. The second-order valence-electron chi connectivity index (χ2n) is 3.65. The number of hydrogen-bond acceptors (Lipinski definition) is 4. The van der Waals surface area contributed by atoms with Gasteiger partial charge in [-0.05, 0) is 18.6 Å². The van der Waals surface area contributed by atoms with Gasteiger partial charge in [0.1, 0.15) is 11.4 Å². The summed E-state index contributed by atoms with van der Waals surface area (Å²) in [5.74, 6) is -1.17. The Hall–Kier alpha value is -1.77. The normalized spacial score (nSPS) is 11.8. The van der Waals surface area contributed by atoms with Crippen molar-refractivity contribution in [3.8, 4) is 0 Å². The Morgan fingerprint density at radius 2 is 2.05 bits per heavy atom. The Kier molecular flexibility index (Phi) is 4.98. The number of rotatable bonds is 4. The van der Waals surface area contributed by atoms with Crippen LogP contribution in [0.1, 0.15) is 40.7 Å². The van der Waals surface area contributed by atoms with E-state index in [0.717, 1.165) is 0 Å². The van der Waals surface area contributed by atoms with Gasteiger partial charge in [0.25, 0.3) is 6.43 Å². The fourth-order valence-corrected chi connectivity index (χ4v) is 1.51. The molecular formula is C11H11F5N2O2. The Morgan fingerprint density at radius 1 is 1.45 bits per heavy atom. The molecule has 0 saturated heterocycles. The van der Waals surface area contributed by atoms with E-state index < -0.39 is 47.6 Å². The number of alkyl halides is 5. The molecule has 0 aliphatic heterocycles. The smallest absolute Gasteiger partial charge is 0.433 e. The summed E-state index contributed by atoms with van der Waals surface area (Å²) in [6.07, 6.45) is -8.28. The predicted octanol–water partition coefficient (Wildman–Crippen LogP) is 2.67. The summed E-state index contributed by atoms with van der Waals surface area (Å²) in [7, 11) is 0.